The maximum atomic E-state index is 11.2. The summed E-state index contributed by atoms with van der Waals surface area (Å²) in [4.78, 5) is 20.6. The van der Waals surface area contributed by atoms with Gasteiger partial charge in [0, 0.05) is 59.8 Å². The number of hydrogen-bond acceptors (Lipinski definition) is 5. The predicted octanol–water partition coefficient (Wildman–Crippen LogP) is 5.58. The number of carbonyl (C=O) groups is 1. The number of hydrogen-bond donors (Lipinski definition) is 3. The lowest BCUT2D eigenvalue weighted by atomic mass is 9.98. The molecule has 1 amide bonds. The van der Waals surface area contributed by atoms with Gasteiger partial charge in [-0.1, -0.05) is 48.5 Å². The molecule has 45 heavy (non-hydrogen) atoms. The van der Waals surface area contributed by atoms with Crippen molar-refractivity contribution < 1.29 is 9.53 Å². The normalized spacial score (nSPS) is 15.0. The number of rotatable bonds is 12. The highest BCUT2D eigenvalue weighted by atomic mass is 16.5. The fourth-order valence-corrected chi connectivity index (χ4v) is 6.82. The third-order valence-corrected chi connectivity index (χ3v) is 9.31. The summed E-state index contributed by atoms with van der Waals surface area (Å²) in [5.74, 6) is 2.80. The van der Waals surface area contributed by atoms with Crippen LogP contribution in [0.4, 0.5) is 0 Å². The van der Waals surface area contributed by atoms with E-state index in [1.165, 1.54) is 27.5 Å². The Morgan fingerprint density at radius 3 is 2.24 bits per heavy atom. The highest BCUT2D eigenvalue weighted by molar-refractivity contribution is 5.83. The van der Waals surface area contributed by atoms with Crippen molar-refractivity contribution >= 4 is 28.2 Å². The van der Waals surface area contributed by atoms with Crippen molar-refractivity contribution in [3.8, 4) is 5.75 Å². The third kappa shape index (κ3) is 6.08. The quantitative estimate of drug-likeness (QED) is 0.159. The molecule has 9 nitrogen and oxygen atoms in total. The van der Waals surface area contributed by atoms with Crippen molar-refractivity contribution in [2.45, 2.75) is 50.7 Å². The van der Waals surface area contributed by atoms with Crippen LogP contribution < -0.4 is 10.1 Å². The molecular weight excluding hydrogens is 562 g/mol. The number of aryl methyl sites for hydroxylation is 2. The molecule has 0 aliphatic carbocycles. The molecule has 3 N–H and O–H groups in total. The van der Waals surface area contributed by atoms with Crippen LogP contribution in [0.2, 0.25) is 0 Å². The van der Waals surface area contributed by atoms with Gasteiger partial charge >= 0.3 is 0 Å². The Morgan fingerprint density at radius 1 is 0.889 bits per heavy atom. The van der Waals surface area contributed by atoms with Gasteiger partial charge in [-0.25, -0.2) is 0 Å². The Morgan fingerprint density at radius 2 is 1.56 bits per heavy atom. The first-order chi connectivity index (χ1) is 22.2. The first-order valence-electron chi connectivity index (χ1n) is 15.8. The molecular formula is C36H39N7O2. The lowest BCUT2D eigenvalue weighted by molar-refractivity contribution is -0.110. The first-order valence-corrected chi connectivity index (χ1v) is 15.8. The van der Waals surface area contributed by atoms with E-state index in [2.05, 4.69) is 97.8 Å². The van der Waals surface area contributed by atoms with Crippen LogP contribution in [0.25, 0.3) is 21.8 Å². The Hall–Kier alpha value is -4.89. The van der Waals surface area contributed by atoms with E-state index < -0.39 is 0 Å². The number of ether oxygens (including phenoxy) is 1. The summed E-state index contributed by atoms with van der Waals surface area (Å²) in [7, 11) is 1.69. The number of carbonyl (C=O) groups excluding carboxylic acids is 1. The molecule has 1 saturated heterocycles. The van der Waals surface area contributed by atoms with Crippen LogP contribution in [0.15, 0.2) is 85.2 Å². The van der Waals surface area contributed by atoms with E-state index >= 15 is 0 Å². The largest absolute Gasteiger partial charge is 0.497 e. The van der Waals surface area contributed by atoms with Gasteiger partial charge in [-0.15, -0.1) is 10.2 Å². The fraction of sp³-hybridized carbons (Fsp3) is 0.306. The molecule has 3 aromatic carbocycles. The Kier molecular flexibility index (Phi) is 8.33. The highest BCUT2D eigenvalue weighted by Crippen LogP contribution is 2.32. The van der Waals surface area contributed by atoms with Crippen LogP contribution in [0.3, 0.4) is 0 Å². The number of methoxy groups -OCH3 is 1. The van der Waals surface area contributed by atoms with Crippen molar-refractivity contribution in [1.82, 2.24) is 34.9 Å². The Labute approximate surface area is 262 Å². The third-order valence-electron chi connectivity index (χ3n) is 9.31. The summed E-state index contributed by atoms with van der Waals surface area (Å²) < 4.78 is 7.77. The molecule has 1 aliphatic rings. The first kappa shape index (κ1) is 28.9. The minimum absolute atomic E-state index is 0.0222. The number of nitrogens with one attached hydrogen (secondary N) is 3. The van der Waals surface area contributed by atoms with Crippen LogP contribution >= 0.6 is 0 Å². The van der Waals surface area contributed by atoms with E-state index in [1.54, 1.807) is 7.11 Å². The zero-order chi connectivity index (χ0) is 30.6. The standard InChI is InChI=1S/C36H39N7O2/c1-45-29-13-10-25(11-14-29)23-43-35(15-12-26-21-37-32-8-4-2-6-30(26)32)40-41-36(43)34(42-18-16-28(17-19-42)39-24-44)20-27-22-38-33-9-5-3-7-31(27)33/h2-11,13-14,21-22,24,28,34,37-38H,12,15-20,23H2,1H3,(H,39,44)/t34-/m1/s1. The maximum absolute atomic E-state index is 11.2. The molecule has 6 aromatic rings. The van der Waals surface area contributed by atoms with E-state index in [0.717, 1.165) is 80.0 Å². The maximum Gasteiger partial charge on any atom is 0.207 e. The SMILES string of the molecule is COc1ccc(Cn2c(CCc3c[nH]c4ccccc34)nnc2[C@@H](Cc2c[nH]c3ccccc23)N2CCC(NC=O)CC2)cc1. The van der Waals surface area contributed by atoms with Crippen LogP contribution in [0, 0.1) is 0 Å². The summed E-state index contributed by atoms with van der Waals surface area (Å²) in [6.07, 6.45) is 9.34. The van der Waals surface area contributed by atoms with Crippen molar-refractivity contribution in [3.05, 3.63) is 114 Å². The molecule has 0 saturated carbocycles. The topological polar surface area (TPSA) is 104 Å². The van der Waals surface area contributed by atoms with Gasteiger partial charge in [-0.2, -0.15) is 0 Å². The summed E-state index contributed by atoms with van der Waals surface area (Å²) in [6, 6.07) is 25.4. The number of aromatic nitrogens is 5. The molecule has 1 aliphatic heterocycles. The van der Waals surface area contributed by atoms with E-state index in [9.17, 15) is 4.79 Å². The van der Waals surface area contributed by atoms with Crippen LogP contribution in [0.5, 0.6) is 5.75 Å². The molecule has 1 fully saturated rings. The van der Waals surface area contributed by atoms with Gasteiger partial charge in [0.2, 0.25) is 6.41 Å². The number of amides is 1. The van der Waals surface area contributed by atoms with Crippen LogP contribution in [0.1, 0.15) is 47.2 Å². The number of aromatic amines is 2. The second-order valence-corrected chi connectivity index (χ2v) is 11.9. The van der Waals surface area contributed by atoms with Crippen LogP contribution in [-0.2, 0) is 30.6 Å². The van der Waals surface area contributed by atoms with E-state index in [0.29, 0.717) is 6.54 Å². The summed E-state index contributed by atoms with van der Waals surface area (Å²) in [5, 5.41) is 15.3. The van der Waals surface area contributed by atoms with E-state index in [4.69, 9.17) is 14.9 Å². The van der Waals surface area contributed by atoms with Gasteiger partial charge in [0.05, 0.1) is 19.7 Å². The molecule has 9 heteroatoms. The van der Waals surface area contributed by atoms with Gasteiger partial charge < -0.3 is 24.6 Å². The molecule has 0 unspecified atom stereocenters. The molecule has 4 heterocycles. The Bertz CT molecular complexity index is 1880. The van der Waals surface area contributed by atoms with Gasteiger partial charge in [0.15, 0.2) is 5.82 Å². The van der Waals surface area contributed by atoms with Crippen molar-refractivity contribution in [3.63, 3.8) is 0 Å². The summed E-state index contributed by atoms with van der Waals surface area (Å²) in [6.45, 7) is 2.42. The number of benzene rings is 3. The molecule has 7 rings (SSSR count). The van der Waals surface area contributed by atoms with Gasteiger partial charge in [0.25, 0.3) is 0 Å². The minimum atomic E-state index is 0.0222. The van der Waals surface area contributed by atoms with Gasteiger partial charge in [-0.3, -0.25) is 9.69 Å². The molecule has 3 aromatic heterocycles. The molecule has 0 bridgehead atoms. The number of para-hydroxylation sites is 2. The molecule has 230 valence electrons. The molecule has 1 atom stereocenters. The van der Waals surface area contributed by atoms with Crippen molar-refractivity contribution in [2.75, 3.05) is 20.2 Å². The fourth-order valence-electron chi connectivity index (χ4n) is 6.82. The zero-order valence-corrected chi connectivity index (χ0v) is 25.6. The average molecular weight is 602 g/mol. The lowest BCUT2D eigenvalue weighted by Crippen LogP contribution is -2.44. The summed E-state index contributed by atoms with van der Waals surface area (Å²) >= 11 is 0. The lowest BCUT2D eigenvalue weighted by Gasteiger charge is -2.37. The van der Waals surface area contributed by atoms with Gasteiger partial charge in [-0.05, 0) is 66.6 Å². The number of fused-ring (bicyclic) bond motifs is 2. The number of nitrogens with zero attached hydrogens (tertiary/aromatic N) is 4. The van der Waals surface area contributed by atoms with Gasteiger partial charge in [0.1, 0.15) is 11.6 Å². The second kappa shape index (κ2) is 13.0. The van der Waals surface area contributed by atoms with Crippen LogP contribution in [-0.4, -0.2) is 62.3 Å². The predicted molar refractivity (Wildman–Crippen MR) is 176 cm³/mol. The molecule has 0 spiro atoms. The monoisotopic (exact) mass is 601 g/mol. The van der Waals surface area contributed by atoms with E-state index in [-0.39, 0.29) is 12.1 Å². The zero-order valence-electron chi connectivity index (χ0n) is 25.6. The highest BCUT2D eigenvalue weighted by Gasteiger charge is 2.31. The molecule has 0 radical (unpaired) electrons. The van der Waals surface area contributed by atoms with E-state index in [1.807, 2.05) is 12.1 Å². The second-order valence-electron chi connectivity index (χ2n) is 11.9. The number of likely N-dealkylation sites (tertiary alicyclic amines) is 1. The van der Waals surface area contributed by atoms with Crippen molar-refractivity contribution in [2.24, 2.45) is 0 Å². The minimum Gasteiger partial charge on any atom is -0.497 e. The average Bonchev–Trinajstić information content (AvgIpc) is 3.81. The smallest absolute Gasteiger partial charge is 0.207 e. The summed E-state index contributed by atoms with van der Waals surface area (Å²) in [5.41, 5.74) is 6.01. The Balaban J connectivity index is 1.25. The number of H-pyrrole nitrogens is 2. The van der Waals surface area contributed by atoms with Crippen molar-refractivity contribution in [1.29, 1.82) is 0 Å². The number of piperidine rings is 1.